The van der Waals surface area contributed by atoms with Gasteiger partial charge in [-0.15, -0.1) is 0 Å². The Kier molecular flexibility index (Phi) is 5.01. The number of rotatable bonds is 6. The number of carbonyl (C=O) groups excluding carboxylic acids is 2. The maximum absolute atomic E-state index is 13.0. The third-order valence-electron chi connectivity index (χ3n) is 4.40. The number of hydrogen-bond donors (Lipinski definition) is 4. The quantitative estimate of drug-likeness (QED) is 0.281. The molecule has 1 aliphatic rings. The molecule has 8 nitrogen and oxygen atoms in total. The van der Waals surface area contributed by atoms with Crippen molar-refractivity contribution in [2.24, 2.45) is 0 Å². The lowest BCUT2D eigenvalue weighted by Gasteiger charge is -2.23. The van der Waals surface area contributed by atoms with Crippen molar-refractivity contribution < 1.29 is 22.6 Å². The van der Waals surface area contributed by atoms with Crippen LogP contribution in [0.4, 0.5) is 11.4 Å². The van der Waals surface area contributed by atoms with E-state index >= 15 is 0 Å². The highest BCUT2D eigenvalue weighted by Crippen LogP contribution is 2.38. The van der Waals surface area contributed by atoms with E-state index in [9.17, 15) is 22.6 Å². The highest BCUT2D eigenvalue weighted by atomic mass is 32.2. The van der Waals surface area contributed by atoms with Crippen LogP contribution >= 0.6 is 0 Å². The van der Waals surface area contributed by atoms with E-state index in [-0.39, 0.29) is 27.9 Å². The number of fused-ring (bicyclic) bond motifs is 2. The molecule has 0 spiro atoms. The van der Waals surface area contributed by atoms with Crippen LogP contribution < -0.4 is 16.4 Å². The lowest BCUT2D eigenvalue weighted by molar-refractivity contribution is 0.0980. The zero-order chi connectivity index (χ0) is 19.8. The summed E-state index contributed by atoms with van der Waals surface area (Å²) in [4.78, 5) is 25.3. The second kappa shape index (κ2) is 7.10. The minimum atomic E-state index is -4.68. The molecule has 0 amide bonds. The van der Waals surface area contributed by atoms with Crippen LogP contribution in [0.2, 0.25) is 0 Å². The monoisotopic (exact) mass is 389 g/mol. The molecule has 2 aromatic carbocycles. The Balaban J connectivity index is 2.23. The van der Waals surface area contributed by atoms with Crippen LogP contribution in [0.3, 0.4) is 0 Å². The normalized spacial score (nSPS) is 13.3. The van der Waals surface area contributed by atoms with Crippen LogP contribution in [0.1, 0.15) is 38.3 Å². The summed E-state index contributed by atoms with van der Waals surface area (Å²) < 4.78 is 33.0. The van der Waals surface area contributed by atoms with E-state index in [2.05, 4.69) is 10.6 Å². The van der Waals surface area contributed by atoms with Crippen molar-refractivity contribution >= 4 is 33.1 Å². The molecular weight excluding hydrogens is 370 g/mol. The Labute approximate surface area is 156 Å². The first-order valence-corrected chi connectivity index (χ1v) is 9.72. The van der Waals surface area contributed by atoms with Gasteiger partial charge in [0.05, 0.1) is 16.8 Å². The van der Waals surface area contributed by atoms with E-state index in [0.717, 1.165) is 6.07 Å². The van der Waals surface area contributed by atoms with E-state index < -0.39 is 32.3 Å². The second-order valence-corrected chi connectivity index (χ2v) is 7.54. The van der Waals surface area contributed by atoms with Crippen molar-refractivity contribution in [3.05, 3.63) is 52.6 Å². The molecule has 0 radical (unpaired) electrons. The first kappa shape index (κ1) is 19.0. The lowest BCUT2D eigenvalue weighted by Crippen LogP contribution is -2.26. The fraction of sp³-hybridized carbons (Fsp3) is 0.222. The van der Waals surface area contributed by atoms with Crippen LogP contribution in [-0.4, -0.2) is 44.7 Å². The van der Waals surface area contributed by atoms with Gasteiger partial charge >= 0.3 is 0 Å². The molecule has 0 atom stereocenters. The fourth-order valence-corrected chi connectivity index (χ4v) is 3.78. The van der Waals surface area contributed by atoms with Crippen molar-refractivity contribution in [2.45, 2.75) is 11.3 Å². The minimum Gasteiger partial charge on any atom is -0.397 e. The highest BCUT2D eigenvalue weighted by molar-refractivity contribution is 7.86. The number of nitrogens with one attached hydrogen (secondary N) is 2. The van der Waals surface area contributed by atoms with E-state index in [4.69, 9.17) is 5.73 Å². The van der Waals surface area contributed by atoms with Gasteiger partial charge in [-0.3, -0.25) is 14.1 Å². The molecule has 0 heterocycles. The van der Waals surface area contributed by atoms with Crippen molar-refractivity contribution in [1.82, 2.24) is 5.32 Å². The van der Waals surface area contributed by atoms with Crippen LogP contribution in [0, 0.1) is 0 Å². The number of carbonyl (C=O) groups is 2. The van der Waals surface area contributed by atoms with Crippen LogP contribution in [0.5, 0.6) is 0 Å². The van der Waals surface area contributed by atoms with Crippen molar-refractivity contribution in [1.29, 1.82) is 0 Å². The highest BCUT2D eigenvalue weighted by Gasteiger charge is 2.36. The first-order chi connectivity index (χ1) is 12.8. The maximum atomic E-state index is 13.0. The molecule has 0 unspecified atom stereocenters. The SMILES string of the molecule is CNCCCNc1cc(S(=O)(=O)O)c(N)c2c1C(=O)c1ccccc1C2=O. The van der Waals surface area contributed by atoms with E-state index in [1.54, 1.807) is 19.2 Å². The molecular formula is C18H19N3O5S. The van der Waals surface area contributed by atoms with Crippen molar-refractivity contribution in [3.8, 4) is 0 Å². The molecule has 27 heavy (non-hydrogen) atoms. The molecule has 9 heteroatoms. The topological polar surface area (TPSA) is 139 Å². The van der Waals surface area contributed by atoms with Gasteiger partial charge in [0.15, 0.2) is 11.6 Å². The molecule has 142 valence electrons. The molecule has 5 N–H and O–H groups in total. The summed E-state index contributed by atoms with van der Waals surface area (Å²) in [5, 5.41) is 5.96. The predicted octanol–water partition coefficient (Wildman–Crippen LogP) is 1.31. The molecule has 0 saturated heterocycles. The zero-order valence-corrected chi connectivity index (χ0v) is 15.4. The van der Waals surface area contributed by atoms with Gasteiger partial charge in [-0.25, -0.2) is 0 Å². The first-order valence-electron chi connectivity index (χ1n) is 8.28. The van der Waals surface area contributed by atoms with Crippen LogP contribution in [0.25, 0.3) is 0 Å². The van der Waals surface area contributed by atoms with Gasteiger partial charge in [0.2, 0.25) is 0 Å². The summed E-state index contributed by atoms with van der Waals surface area (Å²) >= 11 is 0. The van der Waals surface area contributed by atoms with Gasteiger partial charge in [0.1, 0.15) is 4.90 Å². The Morgan fingerprint density at radius 3 is 2.19 bits per heavy atom. The third-order valence-corrected chi connectivity index (χ3v) is 5.29. The van der Waals surface area contributed by atoms with E-state index in [1.165, 1.54) is 12.1 Å². The number of anilines is 2. The van der Waals surface area contributed by atoms with Crippen LogP contribution in [0.15, 0.2) is 35.2 Å². The summed E-state index contributed by atoms with van der Waals surface area (Å²) in [6, 6.07) is 7.37. The Hall–Kier alpha value is -2.75. The van der Waals surface area contributed by atoms with Gasteiger partial charge in [-0.1, -0.05) is 24.3 Å². The lowest BCUT2D eigenvalue weighted by atomic mass is 9.82. The summed E-state index contributed by atoms with van der Waals surface area (Å²) in [6.45, 7) is 1.12. The number of nitrogens with two attached hydrogens (primary N) is 1. The standard InChI is InChI=1S/C18H19N3O5S/c1-20-7-4-8-21-12-9-13(27(24,25)26)16(19)15-14(12)17(22)10-5-2-3-6-11(10)18(15)23/h2-3,5-6,9,20-21H,4,7-8,19H2,1H3,(H,24,25,26). The average Bonchev–Trinajstić information content (AvgIpc) is 2.63. The zero-order valence-electron chi connectivity index (χ0n) is 14.6. The number of ketones is 2. The van der Waals surface area contributed by atoms with Gasteiger partial charge in [0, 0.05) is 23.4 Å². The van der Waals surface area contributed by atoms with Gasteiger partial charge < -0.3 is 16.4 Å². The van der Waals surface area contributed by atoms with E-state index in [0.29, 0.717) is 19.5 Å². The van der Waals surface area contributed by atoms with Gasteiger partial charge in [-0.05, 0) is 26.1 Å². The summed E-state index contributed by atoms with van der Waals surface area (Å²) in [5.74, 6) is -0.980. The third kappa shape index (κ3) is 3.32. The molecule has 0 aromatic heterocycles. The number of nitrogen functional groups attached to an aromatic ring is 1. The molecule has 0 aliphatic heterocycles. The second-order valence-electron chi connectivity index (χ2n) is 6.15. The molecule has 0 saturated carbocycles. The smallest absolute Gasteiger partial charge is 0.296 e. The van der Waals surface area contributed by atoms with Gasteiger partial charge in [-0.2, -0.15) is 8.42 Å². The number of benzene rings is 2. The van der Waals surface area contributed by atoms with Crippen molar-refractivity contribution in [2.75, 3.05) is 31.2 Å². The van der Waals surface area contributed by atoms with Crippen molar-refractivity contribution in [3.63, 3.8) is 0 Å². The van der Waals surface area contributed by atoms with Gasteiger partial charge in [0.25, 0.3) is 10.1 Å². The maximum Gasteiger partial charge on any atom is 0.296 e. The molecule has 0 bridgehead atoms. The Morgan fingerprint density at radius 2 is 1.63 bits per heavy atom. The van der Waals surface area contributed by atoms with E-state index in [1.807, 2.05) is 0 Å². The summed E-state index contributed by atoms with van der Waals surface area (Å²) in [7, 11) is -2.89. The Morgan fingerprint density at radius 1 is 1.04 bits per heavy atom. The number of hydrogen-bond acceptors (Lipinski definition) is 7. The predicted molar refractivity (Wildman–Crippen MR) is 101 cm³/mol. The van der Waals surface area contributed by atoms with Crippen LogP contribution in [-0.2, 0) is 10.1 Å². The molecule has 0 fully saturated rings. The fourth-order valence-electron chi connectivity index (χ4n) is 3.13. The minimum absolute atomic E-state index is 0.0213. The molecule has 3 rings (SSSR count). The molecule has 1 aliphatic carbocycles. The average molecular weight is 389 g/mol. The summed E-state index contributed by atoms with van der Waals surface area (Å²) in [6.07, 6.45) is 0.690. The Bertz CT molecular complexity index is 1050. The molecule has 2 aromatic rings. The largest absolute Gasteiger partial charge is 0.397 e. The summed E-state index contributed by atoms with van der Waals surface area (Å²) in [5.41, 5.74) is 5.81.